The highest BCUT2D eigenvalue weighted by Gasteiger charge is 2.37. The van der Waals surface area contributed by atoms with Gasteiger partial charge in [0.25, 0.3) is 5.91 Å². The van der Waals surface area contributed by atoms with Gasteiger partial charge in [-0.15, -0.1) is 0 Å². The summed E-state index contributed by atoms with van der Waals surface area (Å²) in [7, 11) is 0. The first-order valence-corrected chi connectivity index (χ1v) is 8.43. The Kier molecular flexibility index (Phi) is 4.49. The molecule has 1 aromatic carbocycles. The van der Waals surface area contributed by atoms with Crippen molar-refractivity contribution in [2.24, 2.45) is 5.41 Å². The lowest BCUT2D eigenvalue weighted by atomic mass is 9.93. The zero-order valence-electron chi connectivity index (χ0n) is 14.4. The highest BCUT2D eigenvalue weighted by atomic mass is 16.5. The van der Waals surface area contributed by atoms with Gasteiger partial charge in [0.15, 0.2) is 0 Å². The van der Waals surface area contributed by atoms with E-state index in [9.17, 15) is 9.59 Å². The van der Waals surface area contributed by atoms with Crippen LogP contribution in [0.15, 0.2) is 18.2 Å². The Balaban J connectivity index is 1.86. The Hall–Kier alpha value is -2.08. The molecule has 6 nitrogen and oxygen atoms in total. The number of nitrogens with one attached hydrogen (secondary N) is 1. The highest BCUT2D eigenvalue weighted by molar-refractivity contribution is 6.01. The third-order valence-corrected chi connectivity index (χ3v) is 4.47. The first kappa shape index (κ1) is 16.8. The van der Waals surface area contributed by atoms with Gasteiger partial charge in [0.1, 0.15) is 18.5 Å². The molecule has 1 atom stereocenters. The SMILES string of the molecule is CCN1C(=O)C(C)(C)COc2ccc(NC(=O)C3CCCO3)cc21. The second kappa shape index (κ2) is 6.43. The van der Waals surface area contributed by atoms with Crippen molar-refractivity contribution >= 4 is 23.2 Å². The van der Waals surface area contributed by atoms with Gasteiger partial charge >= 0.3 is 0 Å². The fourth-order valence-corrected chi connectivity index (χ4v) is 3.04. The summed E-state index contributed by atoms with van der Waals surface area (Å²) in [5.41, 5.74) is 0.748. The van der Waals surface area contributed by atoms with Crippen LogP contribution in [0.4, 0.5) is 11.4 Å². The molecule has 3 rings (SSSR count). The van der Waals surface area contributed by atoms with Crippen molar-refractivity contribution in [3.63, 3.8) is 0 Å². The molecule has 24 heavy (non-hydrogen) atoms. The first-order chi connectivity index (χ1) is 11.4. The maximum Gasteiger partial charge on any atom is 0.253 e. The summed E-state index contributed by atoms with van der Waals surface area (Å²) >= 11 is 0. The van der Waals surface area contributed by atoms with Gasteiger partial charge in [0, 0.05) is 18.8 Å². The molecule has 0 radical (unpaired) electrons. The van der Waals surface area contributed by atoms with Gasteiger partial charge < -0.3 is 19.7 Å². The number of anilines is 2. The number of hydrogen-bond acceptors (Lipinski definition) is 4. The summed E-state index contributed by atoms with van der Waals surface area (Å²) in [6, 6.07) is 5.39. The Morgan fingerprint density at radius 2 is 2.21 bits per heavy atom. The molecule has 1 saturated heterocycles. The fraction of sp³-hybridized carbons (Fsp3) is 0.556. The molecule has 2 heterocycles. The zero-order chi connectivity index (χ0) is 17.3. The Bertz CT molecular complexity index is 650. The van der Waals surface area contributed by atoms with Gasteiger partial charge in [-0.2, -0.15) is 0 Å². The molecule has 1 N–H and O–H groups in total. The molecule has 2 aliphatic rings. The lowest BCUT2D eigenvalue weighted by Gasteiger charge is -2.27. The molecular weight excluding hydrogens is 308 g/mol. The number of carbonyl (C=O) groups is 2. The Morgan fingerprint density at radius 3 is 2.88 bits per heavy atom. The number of amides is 2. The van der Waals surface area contributed by atoms with Gasteiger partial charge in [0.2, 0.25) is 5.91 Å². The van der Waals surface area contributed by atoms with Gasteiger partial charge in [-0.3, -0.25) is 9.59 Å². The van der Waals surface area contributed by atoms with Crippen molar-refractivity contribution in [3.05, 3.63) is 18.2 Å². The van der Waals surface area contributed by atoms with E-state index in [2.05, 4.69) is 5.32 Å². The predicted molar refractivity (Wildman–Crippen MR) is 91.3 cm³/mol. The second-order valence-electron chi connectivity index (χ2n) is 6.90. The van der Waals surface area contributed by atoms with E-state index < -0.39 is 5.41 Å². The van der Waals surface area contributed by atoms with Crippen LogP contribution in [0.2, 0.25) is 0 Å². The van der Waals surface area contributed by atoms with Crippen molar-refractivity contribution < 1.29 is 19.1 Å². The van der Waals surface area contributed by atoms with Gasteiger partial charge in [-0.25, -0.2) is 0 Å². The number of fused-ring (bicyclic) bond motifs is 1. The number of benzene rings is 1. The molecule has 0 bridgehead atoms. The third kappa shape index (κ3) is 3.11. The summed E-state index contributed by atoms with van der Waals surface area (Å²) in [5.74, 6) is 0.536. The maximum atomic E-state index is 12.7. The summed E-state index contributed by atoms with van der Waals surface area (Å²) in [6.07, 6.45) is 1.26. The minimum absolute atomic E-state index is 0.0198. The monoisotopic (exact) mass is 332 g/mol. The van der Waals surface area contributed by atoms with E-state index in [-0.39, 0.29) is 17.9 Å². The largest absolute Gasteiger partial charge is 0.490 e. The molecular formula is C18H24N2O4. The quantitative estimate of drug-likeness (QED) is 0.924. The molecule has 1 aromatic rings. The number of nitrogens with zero attached hydrogens (tertiary/aromatic N) is 1. The lowest BCUT2D eigenvalue weighted by molar-refractivity contribution is -0.127. The number of hydrogen-bond donors (Lipinski definition) is 1. The normalized spacial score (nSPS) is 22.5. The summed E-state index contributed by atoms with van der Waals surface area (Å²) in [4.78, 5) is 26.7. The van der Waals surface area contributed by atoms with E-state index in [0.29, 0.717) is 36.9 Å². The minimum atomic E-state index is -0.587. The van der Waals surface area contributed by atoms with Crippen molar-refractivity contribution in [1.29, 1.82) is 0 Å². The molecule has 2 amide bonds. The second-order valence-corrected chi connectivity index (χ2v) is 6.90. The molecule has 0 spiro atoms. The van der Waals surface area contributed by atoms with Gasteiger partial charge in [0.05, 0.1) is 11.1 Å². The van der Waals surface area contributed by atoms with E-state index in [4.69, 9.17) is 9.47 Å². The van der Waals surface area contributed by atoms with Crippen LogP contribution in [-0.2, 0) is 14.3 Å². The van der Waals surface area contributed by atoms with Crippen LogP contribution < -0.4 is 15.0 Å². The Morgan fingerprint density at radius 1 is 1.42 bits per heavy atom. The van der Waals surface area contributed by atoms with Crippen molar-refractivity contribution in [1.82, 2.24) is 0 Å². The topological polar surface area (TPSA) is 67.9 Å². The highest BCUT2D eigenvalue weighted by Crippen LogP contribution is 2.38. The van der Waals surface area contributed by atoms with Gasteiger partial charge in [-0.05, 0) is 51.8 Å². The average molecular weight is 332 g/mol. The maximum absolute atomic E-state index is 12.7. The fourth-order valence-electron chi connectivity index (χ4n) is 3.04. The molecule has 130 valence electrons. The summed E-state index contributed by atoms with van der Waals surface area (Å²) in [5, 5.41) is 2.88. The van der Waals surface area contributed by atoms with Crippen molar-refractivity contribution in [3.8, 4) is 5.75 Å². The first-order valence-electron chi connectivity index (χ1n) is 8.43. The molecule has 1 fully saturated rings. The van der Waals surface area contributed by atoms with E-state index in [1.807, 2.05) is 20.8 Å². The average Bonchev–Trinajstić information content (AvgIpc) is 3.06. The van der Waals surface area contributed by atoms with Crippen LogP contribution >= 0.6 is 0 Å². The zero-order valence-corrected chi connectivity index (χ0v) is 14.4. The molecule has 1 unspecified atom stereocenters. The smallest absolute Gasteiger partial charge is 0.253 e. The summed E-state index contributed by atoms with van der Waals surface area (Å²) < 4.78 is 11.2. The molecule has 0 saturated carbocycles. The standard InChI is InChI=1S/C18H24N2O4/c1-4-20-13-10-12(19-16(21)15-6-5-9-23-15)7-8-14(13)24-11-18(2,3)17(20)22/h7-8,10,15H,4-6,9,11H2,1-3H3,(H,19,21). The predicted octanol–water partition coefficient (Wildman–Crippen LogP) is 2.58. The Labute approximate surface area is 142 Å². The van der Waals surface area contributed by atoms with Crippen LogP contribution in [0.5, 0.6) is 5.75 Å². The number of ether oxygens (including phenoxy) is 2. The van der Waals surface area contributed by atoms with Crippen LogP contribution in [-0.4, -0.2) is 37.7 Å². The van der Waals surface area contributed by atoms with E-state index in [1.165, 1.54) is 0 Å². The minimum Gasteiger partial charge on any atom is -0.490 e. The van der Waals surface area contributed by atoms with Gasteiger partial charge in [-0.1, -0.05) is 0 Å². The molecule has 0 aromatic heterocycles. The number of carbonyl (C=O) groups excluding carboxylic acids is 2. The van der Waals surface area contributed by atoms with Crippen LogP contribution in [0, 0.1) is 5.41 Å². The third-order valence-electron chi connectivity index (χ3n) is 4.47. The number of rotatable bonds is 3. The molecule has 6 heteroatoms. The van der Waals surface area contributed by atoms with E-state index in [1.54, 1.807) is 23.1 Å². The van der Waals surface area contributed by atoms with Crippen LogP contribution in [0.25, 0.3) is 0 Å². The van der Waals surface area contributed by atoms with E-state index in [0.717, 1.165) is 12.8 Å². The molecule has 2 aliphatic heterocycles. The van der Waals surface area contributed by atoms with Crippen molar-refractivity contribution in [2.45, 2.75) is 39.7 Å². The lowest BCUT2D eigenvalue weighted by Crippen LogP contribution is -2.42. The van der Waals surface area contributed by atoms with Crippen LogP contribution in [0.1, 0.15) is 33.6 Å². The van der Waals surface area contributed by atoms with E-state index >= 15 is 0 Å². The summed E-state index contributed by atoms with van der Waals surface area (Å²) in [6.45, 7) is 7.19. The van der Waals surface area contributed by atoms with Crippen LogP contribution in [0.3, 0.4) is 0 Å². The van der Waals surface area contributed by atoms with Crippen molar-refractivity contribution in [2.75, 3.05) is 30.0 Å². The molecule has 0 aliphatic carbocycles.